The smallest absolute Gasteiger partial charge is 0.387 e. The van der Waals surface area contributed by atoms with E-state index in [2.05, 4.69) is 0 Å². The van der Waals surface area contributed by atoms with E-state index in [-0.39, 0.29) is 16.7 Å². The summed E-state index contributed by atoms with van der Waals surface area (Å²) in [7, 11) is 0. The molecule has 0 spiro atoms. The van der Waals surface area contributed by atoms with E-state index in [1.165, 1.54) is 24.3 Å². The predicted molar refractivity (Wildman–Crippen MR) is 58.1 cm³/mol. The van der Waals surface area contributed by atoms with Crippen molar-refractivity contribution < 1.29 is 18.3 Å². The molecule has 2 atom stereocenters. The number of halogens is 3. The van der Waals surface area contributed by atoms with Crippen molar-refractivity contribution in [3.63, 3.8) is 0 Å². The molecule has 0 aromatic heterocycles. The van der Waals surface area contributed by atoms with Crippen molar-refractivity contribution in [2.75, 3.05) is 0 Å². The molecule has 0 saturated carbocycles. The highest BCUT2D eigenvalue weighted by Gasteiger charge is 2.29. The monoisotopic (exact) mass is 261 g/mol. The highest BCUT2D eigenvalue weighted by Crippen LogP contribution is 2.37. The molecule has 0 amide bonds. The minimum Gasteiger partial charge on any atom is -0.387 e. The molecule has 92 valence electrons. The summed E-state index contributed by atoms with van der Waals surface area (Å²) < 4.78 is 36.2. The van der Waals surface area contributed by atoms with Gasteiger partial charge in [0.1, 0.15) is 0 Å². The molecule has 0 fully saturated rings. The molecular formula is C11H10F3NOS. The number of aliphatic hydroxyl groups is 1. The van der Waals surface area contributed by atoms with E-state index in [4.69, 9.17) is 5.26 Å². The third-order valence-electron chi connectivity index (χ3n) is 2.13. The van der Waals surface area contributed by atoms with Crippen LogP contribution in [0.1, 0.15) is 18.6 Å². The molecule has 0 aliphatic rings. The van der Waals surface area contributed by atoms with E-state index in [9.17, 15) is 18.3 Å². The molecule has 0 aliphatic carbocycles. The molecule has 0 saturated heterocycles. The van der Waals surface area contributed by atoms with Crippen LogP contribution in [0.25, 0.3) is 0 Å². The Bertz CT molecular complexity index is 410. The maximum atomic E-state index is 12.1. The average Bonchev–Trinajstić information content (AvgIpc) is 2.26. The second kappa shape index (κ2) is 5.43. The Morgan fingerprint density at radius 1 is 1.29 bits per heavy atom. The van der Waals surface area contributed by atoms with Crippen molar-refractivity contribution in [3.05, 3.63) is 29.8 Å². The summed E-state index contributed by atoms with van der Waals surface area (Å²) in [4.78, 5) is 0.0538. The highest BCUT2D eigenvalue weighted by atomic mass is 32.2. The van der Waals surface area contributed by atoms with E-state index < -0.39 is 17.5 Å². The minimum absolute atomic E-state index is 0.0538. The molecule has 1 aromatic rings. The molecule has 0 heterocycles. The second-order valence-corrected chi connectivity index (χ2v) is 4.62. The summed E-state index contributed by atoms with van der Waals surface area (Å²) in [5.41, 5.74) is -3.88. The van der Waals surface area contributed by atoms with E-state index in [1.807, 2.05) is 6.07 Å². The maximum Gasteiger partial charge on any atom is 0.446 e. The summed E-state index contributed by atoms with van der Waals surface area (Å²) in [5, 5.41) is 18.3. The van der Waals surface area contributed by atoms with Gasteiger partial charge in [-0.05, 0) is 36.4 Å². The van der Waals surface area contributed by atoms with E-state index in [1.54, 1.807) is 6.92 Å². The molecule has 1 aromatic carbocycles. The van der Waals surface area contributed by atoms with E-state index in [0.29, 0.717) is 5.56 Å². The van der Waals surface area contributed by atoms with Gasteiger partial charge in [0.15, 0.2) is 0 Å². The van der Waals surface area contributed by atoms with Crippen LogP contribution in [0.15, 0.2) is 29.2 Å². The van der Waals surface area contributed by atoms with Crippen molar-refractivity contribution in [1.29, 1.82) is 5.26 Å². The van der Waals surface area contributed by atoms with Crippen LogP contribution in [0, 0.1) is 17.2 Å². The first-order chi connectivity index (χ1) is 7.83. The Balaban J connectivity index is 2.79. The lowest BCUT2D eigenvalue weighted by Crippen LogP contribution is -2.06. The van der Waals surface area contributed by atoms with Crippen LogP contribution >= 0.6 is 11.8 Å². The number of hydrogen-bond acceptors (Lipinski definition) is 3. The lowest BCUT2D eigenvalue weighted by molar-refractivity contribution is -0.0328. The van der Waals surface area contributed by atoms with E-state index in [0.717, 1.165) is 0 Å². The number of thioether (sulfide) groups is 1. The fraction of sp³-hybridized carbons (Fsp3) is 0.364. The van der Waals surface area contributed by atoms with Gasteiger partial charge in [0.25, 0.3) is 0 Å². The molecule has 0 bridgehead atoms. The van der Waals surface area contributed by atoms with Crippen molar-refractivity contribution in [3.8, 4) is 6.07 Å². The minimum atomic E-state index is -4.32. The predicted octanol–water partition coefficient (Wildman–Crippen LogP) is 3.49. The Labute approximate surface area is 101 Å². The van der Waals surface area contributed by atoms with Gasteiger partial charge in [-0.2, -0.15) is 18.4 Å². The molecule has 2 nitrogen and oxygen atoms in total. The lowest BCUT2D eigenvalue weighted by atomic mass is 9.99. The van der Waals surface area contributed by atoms with Gasteiger partial charge in [0.05, 0.1) is 18.1 Å². The largest absolute Gasteiger partial charge is 0.446 e. The summed E-state index contributed by atoms with van der Waals surface area (Å²) in [5.74, 6) is -0.601. The number of rotatable bonds is 3. The van der Waals surface area contributed by atoms with Gasteiger partial charge in [0.2, 0.25) is 0 Å². The van der Waals surface area contributed by atoms with Gasteiger partial charge in [0, 0.05) is 4.90 Å². The SMILES string of the molecule is CC(C#N)C(O)c1ccc(SC(F)(F)F)cc1. The van der Waals surface area contributed by atoms with Gasteiger partial charge in [-0.15, -0.1) is 0 Å². The van der Waals surface area contributed by atoms with E-state index >= 15 is 0 Å². The first kappa shape index (κ1) is 13.9. The molecule has 0 radical (unpaired) electrons. The van der Waals surface area contributed by atoms with Gasteiger partial charge in [-0.3, -0.25) is 0 Å². The molecule has 2 unspecified atom stereocenters. The number of hydrogen-bond donors (Lipinski definition) is 1. The van der Waals surface area contributed by atoms with Gasteiger partial charge in [-0.1, -0.05) is 12.1 Å². The first-order valence-electron chi connectivity index (χ1n) is 4.77. The Morgan fingerprint density at radius 3 is 2.24 bits per heavy atom. The first-order valence-corrected chi connectivity index (χ1v) is 5.58. The molecule has 6 heteroatoms. The number of alkyl halides is 3. The number of nitrogens with zero attached hydrogens (tertiary/aromatic N) is 1. The molecule has 1 N–H and O–H groups in total. The van der Waals surface area contributed by atoms with Crippen LogP contribution in [0.4, 0.5) is 13.2 Å². The van der Waals surface area contributed by atoms with Crippen molar-refractivity contribution in [2.24, 2.45) is 5.92 Å². The summed E-state index contributed by atoms with van der Waals surface area (Å²) in [6.07, 6.45) is -0.982. The second-order valence-electron chi connectivity index (χ2n) is 3.48. The highest BCUT2D eigenvalue weighted by molar-refractivity contribution is 8.00. The normalized spacial score (nSPS) is 15.1. The van der Waals surface area contributed by atoms with Crippen LogP contribution in [-0.4, -0.2) is 10.6 Å². The van der Waals surface area contributed by atoms with Crippen LogP contribution in [0.5, 0.6) is 0 Å². The molecule has 1 rings (SSSR count). The molecule has 0 aliphatic heterocycles. The number of nitriles is 1. The van der Waals surface area contributed by atoms with Gasteiger partial charge >= 0.3 is 5.51 Å². The number of benzene rings is 1. The summed E-state index contributed by atoms with van der Waals surface area (Å²) in [6.45, 7) is 1.54. The molecular weight excluding hydrogens is 251 g/mol. The Kier molecular flexibility index (Phi) is 4.43. The average molecular weight is 261 g/mol. The zero-order valence-corrected chi connectivity index (χ0v) is 9.72. The van der Waals surface area contributed by atoms with Crippen LogP contribution in [0.2, 0.25) is 0 Å². The third kappa shape index (κ3) is 4.29. The van der Waals surface area contributed by atoms with Crippen molar-refractivity contribution in [2.45, 2.75) is 23.4 Å². The Hall–Kier alpha value is -1.19. The summed E-state index contributed by atoms with van der Waals surface area (Å²) in [6, 6.07) is 7.23. The van der Waals surface area contributed by atoms with Crippen molar-refractivity contribution >= 4 is 11.8 Å². The third-order valence-corrected chi connectivity index (χ3v) is 2.87. The molecule has 17 heavy (non-hydrogen) atoms. The zero-order valence-electron chi connectivity index (χ0n) is 8.90. The quantitative estimate of drug-likeness (QED) is 0.847. The van der Waals surface area contributed by atoms with Crippen LogP contribution in [-0.2, 0) is 0 Å². The van der Waals surface area contributed by atoms with Crippen molar-refractivity contribution in [1.82, 2.24) is 0 Å². The zero-order chi connectivity index (χ0) is 13.1. The Morgan fingerprint density at radius 2 is 1.82 bits per heavy atom. The number of aliphatic hydroxyl groups excluding tert-OH is 1. The van der Waals surface area contributed by atoms with Crippen LogP contribution in [0.3, 0.4) is 0 Å². The topological polar surface area (TPSA) is 44.0 Å². The van der Waals surface area contributed by atoms with Gasteiger partial charge in [-0.25, -0.2) is 0 Å². The maximum absolute atomic E-state index is 12.1. The van der Waals surface area contributed by atoms with Crippen LogP contribution < -0.4 is 0 Å². The summed E-state index contributed by atoms with van der Waals surface area (Å²) >= 11 is -0.211. The standard InChI is InChI=1S/C11H10F3NOS/c1-7(6-15)10(16)8-2-4-9(5-3-8)17-11(12,13)14/h2-5,7,10,16H,1H3. The fourth-order valence-corrected chi connectivity index (χ4v) is 1.77. The lowest BCUT2D eigenvalue weighted by Gasteiger charge is -2.13. The van der Waals surface area contributed by atoms with Gasteiger partial charge < -0.3 is 5.11 Å². The fourth-order valence-electron chi connectivity index (χ4n) is 1.23.